The van der Waals surface area contributed by atoms with Crippen molar-refractivity contribution in [1.82, 2.24) is 3.80 Å². The van der Waals surface area contributed by atoms with Crippen LogP contribution >= 0.6 is 0 Å². The molecule has 3 heteroatoms. The Labute approximate surface area is 171 Å². The maximum absolute atomic E-state index is 4.00. The average Bonchev–Trinajstić information content (AvgIpc) is 2.90. The van der Waals surface area contributed by atoms with Gasteiger partial charge in [-0.25, -0.2) is 0 Å². The first-order valence-corrected chi connectivity index (χ1v) is 14.3. The number of benzene rings is 3. The summed E-state index contributed by atoms with van der Waals surface area (Å²) in [4.78, 5) is 0. The van der Waals surface area contributed by atoms with Gasteiger partial charge in [0.1, 0.15) is 0 Å². The van der Waals surface area contributed by atoms with Gasteiger partial charge in [-0.15, -0.1) is 0 Å². The van der Waals surface area contributed by atoms with Crippen molar-refractivity contribution in [2.75, 3.05) is 0 Å². The van der Waals surface area contributed by atoms with E-state index in [0.717, 1.165) is 0 Å². The molecule has 1 aliphatic rings. The Balaban J connectivity index is 0.00000210. The van der Waals surface area contributed by atoms with Crippen molar-refractivity contribution in [3.8, 4) is 0 Å². The van der Waals surface area contributed by atoms with Crippen molar-refractivity contribution in [3.05, 3.63) is 63.5 Å². The van der Waals surface area contributed by atoms with E-state index in [9.17, 15) is 0 Å². The fourth-order valence-electron chi connectivity index (χ4n) is 4.85. The number of allylic oxidation sites excluding steroid dienone is 1. The molecule has 1 N–H and O–H groups in total. The van der Waals surface area contributed by atoms with Crippen molar-refractivity contribution in [1.29, 1.82) is 0 Å². The minimum Gasteiger partial charge on any atom is -0.0149 e. The van der Waals surface area contributed by atoms with Crippen LogP contribution in [0.1, 0.15) is 44.7 Å². The topological polar surface area (TPSA) is 12.0 Å². The maximum atomic E-state index is 4.00. The van der Waals surface area contributed by atoms with Gasteiger partial charge in [-0.2, -0.15) is 0 Å². The predicted molar refractivity (Wildman–Crippen MR) is 124 cm³/mol. The molecule has 0 fully saturated rings. The number of rotatable bonds is 2. The third-order valence-corrected chi connectivity index (χ3v) is 10.9. The van der Waals surface area contributed by atoms with Crippen molar-refractivity contribution >= 4 is 38.6 Å². The molecule has 0 amide bonds. The van der Waals surface area contributed by atoms with Gasteiger partial charge in [-0.05, 0) is 11.0 Å². The summed E-state index contributed by atoms with van der Waals surface area (Å²) in [6, 6.07) is 18.0. The SMILES string of the molecule is CC1[C]([Ti]([CH3])([CH3])[NH]C(C)(C)C)=Cc2c1ccc1c2ccc2ccccc21.[SiH4]. The van der Waals surface area contributed by atoms with E-state index in [2.05, 4.69) is 96.6 Å². The summed E-state index contributed by atoms with van der Waals surface area (Å²) in [5, 5.41) is 10.4. The smallest absolute Gasteiger partial charge is 0.0149 e. The Kier molecular flexibility index (Phi) is 5.33. The van der Waals surface area contributed by atoms with Gasteiger partial charge in [0, 0.05) is 0 Å². The quantitative estimate of drug-likeness (QED) is 0.431. The Morgan fingerprint density at radius 2 is 1.52 bits per heavy atom. The Morgan fingerprint density at radius 1 is 0.852 bits per heavy atom. The van der Waals surface area contributed by atoms with E-state index >= 15 is 0 Å². The van der Waals surface area contributed by atoms with E-state index in [1.165, 1.54) is 32.7 Å². The average molecular weight is 411 g/mol. The van der Waals surface area contributed by atoms with Gasteiger partial charge in [-0.3, -0.25) is 0 Å². The minimum atomic E-state index is -2.28. The molecule has 0 heterocycles. The summed E-state index contributed by atoms with van der Waals surface area (Å²) in [6.45, 7) is 9.25. The fraction of sp³-hybridized carbons (Fsp3) is 0.333. The van der Waals surface area contributed by atoms with Crippen LogP contribution in [-0.4, -0.2) is 16.5 Å². The second-order valence-corrected chi connectivity index (χ2v) is 15.6. The maximum Gasteiger partial charge on any atom is -0.0149 e. The van der Waals surface area contributed by atoms with E-state index in [1.807, 2.05) is 0 Å². The Bertz CT molecular complexity index is 1040. The molecule has 0 spiro atoms. The molecule has 3 aromatic carbocycles. The van der Waals surface area contributed by atoms with Crippen molar-refractivity contribution in [2.24, 2.45) is 0 Å². The molecule has 1 atom stereocenters. The van der Waals surface area contributed by atoms with Gasteiger partial charge < -0.3 is 0 Å². The normalized spacial score (nSPS) is 17.0. The molecule has 4 rings (SSSR count). The van der Waals surface area contributed by atoms with E-state index in [1.54, 1.807) is 3.88 Å². The Hall–Kier alpha value is -1.19. The van der Waals surface area contributed by atoms with E-state index < -0.39 is 16.8 Å². The minimum absolute atomic E-state index is 0. The monoisotopic (exact) mass is 411 g/mol. The van der Waals surface area contributed by atoms with Gasteiger partial charge in [0.15, 0.2) is 0 Å². The predicted octanol–water partition coefficient (Wildman–Crippen LogP) is 5.55. The molecule has 0 aromatic heterocycles. The molecule has 0 bridgehead atoms. The summed E-state index contributed by atoms with van der Waals surface area (Å²) in [5.74, 6) is 0.519. The van der Waals surface area contributed by atoms with E-state index in [0.29, 0.717) is 5.92 Å². The van der Waals surface area contributed by atoms with Gasteiger partial charge in [0.2, 0.25) is 0 Å². The van der Waals surface area contributed by atoms with Crippen LogP contribution < -0.4 is 3.80 Å². The zero-order valence-corrected chi connectivity index (χ0v) is 18.3. The molecule has 1 nitrogen and oxygen atoms in total. The van der Waals surface area contributed by atoms with E-state index in [-0.39, 0.29) is 16.5 Å². The molecule has 1 aliphatic carbocycles. The van der Waals surface area contributed by atoms with Crippen molar-refractivity contribution in [2.45, 2.75) is 49.6 Å². The molecule has 142 valence electrons. The molecular weight excluding hydrogens is 378 g/mol. The summed E-state index contributed by atoms with van der Waals surface area (Å²) in [5.41, 5.74) is 3.11. The number of fused-ring (bicyclic) bond motifs is 5. The first-order valence-electron chi connectivity index (χ1n) is 9.63. The standard InChI is InChI=1S/C18H13.C4H10N.2CH3.H4Si.Ti/c1-12-6-8-16-14(12)10-11-17-15-5-3-2-4-13(15)7-9-18(16)17;1-4(2,3)5;;;;/h2-5,7-12H,1H3;5H,1-3H3;2*1H3;1H4;/q;-1;;;;+1. The molecule has 0 saturated heterocycles. The van der Waals surface area contributed by atoms with Crippen LogP contribution in [0.5, 0.6) is 0 Å². The molecule has 0 radical (unpaired) electrons. The third-order valence-electron chi connectivity index (χ3n) is 5.64. The molecule has 1 unspecified atom stereocenters. The zero-order valence-electron chi connectivity index (χ0n) is 16.8. The van der Waals surface area contributed by atoms with Gasteiger partial charge in [0.05, 0.1) is 0 Å². The Morgan fingerprint density at radius 3 is 2.22 bits per heavy atom. The fourth-order valence-corrected chi connectivity index (χ4v) is 10.7. The van der Waals surface area contributed by atoms with Crippen LogP contribution in [0.15, 0.2) is 52.4 Å². The molecule has 3 aromatic rings. The molecule has 27 heavy (non-hydrogen) atoms. The molecular formula is C24H33NSiTi. The third kappa shape index (κ3) is 3.61. The summed E-state index contributed by atoms with van der Waals surface area (Å²) >= 11 is -2.28. The second-order valence-electron chi connectivity index (χ2n) is 9.27. The second kappa shape index (κ2) is 7.01. The van der Waals surface area contributed by atoms with Crippen LogP contribution in [-0.2, 0) is 16.8 Å². The van der Waals surface area contributed by atoms with Crippen LogP contribution in [0, 0.1) is 0 Å². The van der Waals surface area contributed by atoms with Gasteiger partial charge >= 0.3 is 161 Å². The van der Waals surface area contributed by atoms with Crippen LogP contribution in [0.2, 0.25) is 10.5 Å². The van der Waals surface area contributed by atoms with Crippen molar-refractivity contribution < 1.29 is 16.8 Å². The zero-order chi connectivity index (χ0) is 18.7. The first kappa shape index (κ1) is 20.5. The number of nitrogens with one attached hydrogen (secondary N) is 1. The molecule has 0 saturated carbocycles. The number of hydrogen-bond donors (Lipinski definition) is 1. The van der Waals surface area contributed by atoms with Gasteiger partial charge in [0.25, 0.3) is 0 Å². The van der Waals surface area contributed by atoms with Gasteiger partial charge in [-0.1, -0.05) is 0 Å². The van der Waals surface area contributed by atoms with E-state index in [4.69, 9.17) is 0 Å². The summed E-state index contributed by atoms with van der Waals surface area (Å²) in [6.07, 6.45) is 2.52. The first-order chi connectivity index (χ1) is 12.2. The van der Waals surface area contributed by atoms with Crippen molar-refractivity contribution in [3.63, 3.8) is 0 Å². The summed E-state index contributed by atoms with van der Waals surface area (Å²) in [7, 11) is 0. The van der Waals surface area contributed by atoms with Crippen LogP contribution in [0.25, 0.3) is 27.6 Å². The summed E-state index contributed by atoms with van der Waals surface area (Å²) < 4.78 is 5.66. The largest absolute Gasteiger partial charge is 0.0149 e. The van der Waals surface area contributed by atoms with Crippen LogP contribution in [0.3, 0.4) is 0 Å². The molecule has 0 aliphatic heterocycles. The number of hydrogen-bond acceptors (Lipinski definition) is 1. The van der Waals surface area contributed by atoms with Crippen LogP contribution in [0.4, 0.5) is 0 Å².